The average molecular weight is 563 g/mol. The molecule has 0 aliphatic carbocycles. The zero-order valence-electron chi connectivity index (χ0n) is 27.4. The first-order chi connectivity index (χ1) is 17.9. The molecule has 0 saturated carbocycles. The van der Waals surface area contributed by atoms with Gasteiger partial charge in [-0.15, -0.1) is 0 Å². The Hall–Kier alpha value is -1.11. The van der Waals surface area contributed by atoms with Crippen LogP contribution in [-0.4, -0.2) is 81.2 Å². The monoisotopic (exact) mass is 562 g/mol. The molecule has 0 spiro atoms. The van der Waals surface area contributed by atoms with E-state index in [1.54, 1.807) is 0 Å². The number of likely N-dealkylation sites (tertiary alicyclic amines) is 2. The van der Waals surface area contributed by atoms with Crippen LogP contribution in [0, 0.1) is 0 Å². The molecule has 7 heteroatoms. The molecule has 1 aromatic rings. The second kappa shape index (κ2) is 12.0. The van der Waals surface area contributed by atoms with Crippen molar-refractivity contribution in [2.24, 2.45) is 0 Å². The lowest BCUT2D eigenvalue weighted by Crippen LogP contribution is -2.63. The van der Waals surface area contributed by atoms with Gasteiger partial charge in [-0.25, -0.2) is 4.98 Å². The number of hydrogen-bond donors (Lipinski definition) is 0. The van der Waals surface area contributed by atoms with E-state index in [0.29, 0.717) is 17.2 Å². The topological polar surface area (TPSA) is 38.7 Å². The summed E-state index contributed by atoms with van der Waals surface area (Å²) in [6.45, 7) is 25.5. The molecule has 2 aliphatic heterocycles. The maximum Gasteiger partial charge on any atom is 0.228 e. The third-order valence-corrected chi connectivity index (χ3v) is 10.4. The standard InChI is InChI=1S/C32H59ClN6/c1-13-15-17-38(24-20-29(3,4)36(11)30(5,6)21-24)27-19-26(33)34-28(35-27)39(18-16-14-2)25-22-31(7,8)37(12)32(9,10)23-25/h19,24-25H,13-18,20-23H2,1-12H3. The van der Waals surface area contributed by atoms with Crippen LogP contribution < -0.4 is 9.80 Å². The van der Waals surface area contributed by atoms with Crippen LogP contribution in [0.1, 0.15) is 121 Å². The van der Waals surface area contributed by atoms with E-state index in [1.807, 2.05) is 6.07 Å². The van der Waals surface area contributed by atoms with Gasteiger partial charge in [0, 0.05) is 53.4 Å². The fourth-order valence-electron chi connectivity index (χ4n) is 7.33. The molecule has 0 aromatic carbocycles. The molecule has 224 valence electrons. The summed E-state index contributed by atoms with van der Waals surface area (Å²) in [4.78, 5) is 20.4. The fraction of sp³-hybridized carbons (Fsp3) is 0.875. The second-order valence-electron chi connectivity index (χ2n) is 14.9. The van der Waals surface area contributed by atoms with Crippen molar-refractivity contribution in [3.05, 3.63) is 11.2 Å². The van der Waals surface area contributed by atoms with E-state index < -0.39 is 0 Å². The van der Waals surface area contributed by atoms with Crippen molar-refractivity contribution in [3.63, 3.8) is 0 Å². The molecule has 0 unspecified atom stereocenters. The highest BCUT2D eigenvalue weighted by molar-refractivity contribution is 6.29. The average Bonchev–Trinajstić information content (AvgIpc) is 2.80. The minimum atomic E-state index is 0.0940. The summed E-state index contributed by atoms with van der Waals surface area (Å²) in [5, 5.41) is 0.552. The van der Waals surface area contributed by atoms with Gasteiger partial charge >= 0.3 is 0 Å². The number of halogens is 1. The van der Waals surface area contributed by atoms with Crippen LogP contribution in [0.4, 0.5) is 11.8 Å². The minimum Gasteiger partial charge on any atom is -0.353 e. The lowest BCUT2D eigenvalue weighted by Gasteiger charge is -2.56. The van der Waals surface area contributed by atoms with E-state index in [4.69, 9.17) is 21.6 Å². The molecule has 0 bridgehead atoms. The van der Waals surface area contributed by atoms with E-state index in [0.717, 1.165) is 76.2 Å². The minimum absolute atomic E-state index is 0.0940. The van der Waals surface area contributed by atoms with Crippen molar-refractivity contribution in [1.82, 2.24) is 19.8 Å². The molecule has 0 atom stereocenters. The lowest BCUT2D eigenvalue weighted by molar-refractivity contribution is -0.0129. The van der Waals surface area contributed by atoms with Crippen LogP contribution in [0.3, 0.4) is 0 Å². The van der Waals surface area contributed by atoms with Gasteiger partial charge in [-0.2, -0.15) is 4.98 Å². The molecule has 0 N–H and O–H groups in total. The SMILES string of the molecule is CCCCN(c1cc(Cl)nc(N(CCCC)C2CC(C)(C)N(C)C(C)(C)C2)n1)C1CC(C)(C)N(C)C(C)(C)C1. The van der Waals surface area contributed by atoms with Crippen LogP contribution in [0.25, 0.3) is 0 Å². The van der Waals surface area contributed by atoms with E-state index in [9.17, 15) is 0 Å². The van der Waals surface area contributed by atoms with Gasteiger partial charge in [-0.1, -0.05) is 38.3 Å². The van der Waals surface area contributed by atoms with E-state index in [2.05, 4.69) is 103 Å². The summed E-state index contributed by atoms with van der Waals surface area (Å²) >= 11 is 6.83. The van der Waals surface area contributed by atoms with Crippen LogP contribution in [0.2, 0.25) is 5.15 Å². The Balaban J connectivity index is 2.04. The van der Waals surface area contributed by atoms with Crippen molar-refractivity contribution in [1.29, 1.82) is 0 Å². The zero-order valence-corrected chi connectivity index (χ0v) is 28.1. The number of hydrogen-bond acceptors (Lipinski definition) is 6. The third kappa shape index (κ3) is 7.22. The van der Waals surface area contributed by atoms with Gasteiger partial charge in [0.15, 0.2) is 0 Å². The predicted octanol–water partition coefficient (Wildman–Crippen LogP) is 7.65. The summed E-state index contributed by atoms with van der Waals surface area (Å²) in [5.74, 6) is 1.80. The van der Waals surface area contributed by atoms with Crippen LogP contribution in [0.15, 0.2) is 6.07 Å². The molecule has 6 nitrogen and oxygen atoms in total. The van der Waals surface area contributed by atoms with Crippen LogP contribution in [-0.2, 0) is 0 Å². The molecule has 3 rings (SSSR count). The van der Waals surface area contributed by atoms with Gasteiger partial charge in [0.05, 0.1) is 0 Å². The number of aromatic nitrogens is 2. The lowest BCUT2D eigenvalue weighted by atomic mass is 9.77. The molecular formula is C32H59ClN6. The summed E-state index contributed by atoms with van der Waals surface area (Å²) in [6, 6.07) is 2.79. The predicted molar refractivity (Wildman–Crippen MR) is 169 cm³/mol. The van der Waals surface area contributed by atoms with E-state index >= 15 is 0 Å². The number of unbranched alkanes of at least 4 members (excludes halogenated alkanes) is 2. The summed E-state index contributed by atoms with van der Waals surface area (Å²) in [7, 11) is 4.55. The summed E-state index contributed by atoms with van der Waals surface area (Å²) in [6.07, 6.45) is 8.93. The van der Waals surface area contributed by atoms with Crippen molar-refractivity contribution in [2.45, 2.75) is 155 Å². The molecular weight excluding hydrogens is 504 g/mol. The Labute approximate surface area is 245 Å². The summed E-state index contributed by atoms with van der Waals surface area (Å²) in [5.41, 5.74) is 0.400. The third-order valence-electron chi connectivity index (χ3n) is 10.2. The first-order valence-electron chi connectivity index (χ1n) is 15.5. The normalized spacial score (nSPS) is 23.6. The van der Waals surface area contributed by atoms with Gasteiger partial charge in [-0.3, -0.25) is 9.80 Å². The van der Waals surface area contributed by atoms with Crippen LogP contribution >= 0.6 is 11.6 Å². The zero-order chi connectivity index (χ0) is 29.4. The highest BCUT2D eigenvalue weighted by Gasteiger charge is 2.46. The molecule has 1 aromatic heterocycles. The highest BCUT2D eigenvalue weighted by Crippen LogP contribution is 2.42. The fourth-order valence-corrected chi connectivity index (χ4v) is 7.51. The molecule has 2 fully saturated rings. The Bertz CT molecular complexity index is 850. The second-order valence-corrected chi connectivity index (χ2v) is 15.3. The smallest absolute Gasteiger partial charge is 0.228 e. The van der Waals surface area contributed by atoms with Gasteiger partial charge in [0.2, 0.25) is 5.95 Å². The molecule has 39 heavy (non-hydrogen) atoms. The first kappa shape index (κ1) is 32.4. The van der Waals surface area contributed by atoms with Gasteiger partial charge in [-0.05, 0) is 108 Å². The van der Waals surface area contributed by atoms with Gasteiger partial charge < -0.3 is 9.80 Å². The highest BCUT2D eigenvalue weighted by atomic mass is 35.5. The Morgan fingerprint density at radius 2 is 1.10 bits per heavy atom. The van der Waals surface area contributed by atoms with Crippen molar-refractivity contribution >= 4 is 23.4 Å². The quantitative estimate of drug-likeness (QED) is 0.273. The maximum absolute atomic E-state index is 6.83. The number of anilines is 2. The maximum atomic E-state index is 6.83. The molecule has 0 radical (unpaired) electrons. The Morgan fingerprint density at radius 1 is 0.718 bits per heavy atom. The molecule has 2 saturated heterocycles. The molecule has 3 heterocycles. The largest absolute Gasteiger partial charge is 0.353 e. The number of rotatable bonds is 10. The van der Waals surface area contributed by atoms with Gasteiger partial charge in [0.1, 0.15) is 11.0 Å². The Kier molecular flexibility index (Phi) is 9.98. The van der Waals surface area contributed by atoms with Crippen molar-refractivity contribution in [2.75, 3.05) is 37.0 Å². The van der Waals surface area contributed by atoms with Gasteiger partial charge in [0.25, 0.3) is 0 Å². The number of nitrogens with zero attached hydrogens (tertiary/aromatic N) is 6. The first-order valence-corrected chi connectivity index (χ1v) is 15.9. The van der Waals surface area contributed by atoms with Crippen molar-refractivity contribution < 1.29 is 0 Å². The number of piperidine rings is 2. The van der Waals surface area contributed by atoms with Crippen molar-refractivity contribution in [3.8, 4) is 0 Å². The Morgan fingerprint density at radius 3 is 1.51 bits per heavy atom. The van der Waals surface area contributed by atoms with Crippen LogP contribution in [0.5, 0.6) is 0 Å². The molecule has 0 amide bonds. The van der Waals surface area contributed by atoms with E-state index in [-0.39, 0.29) is 22.2 Å². The molecule has 2 aliphatic rings. The summed E-state index contributed by atoms with van der Waals surface area (Å²) < 4.78 is 0. The van der Waals surface area contributed by atoms with E-state index in [1.165, 1.54) is 0 Å².